The predicted octanol–water partition coefficient (Wildman–Crippen LogP) is 1.85. The molecule has 1 aromatic heterocycles. The van der Waals surface area contributed by atoms with E-state index in [-0.39, 0.29) is 29.2 Å². The van der Waals surface area contributed by atoms with Crippen molar-refractivity contribution in [1.29, 1.82) is 0 Å². The quantitative estimate of drug-likeness (QED) is 0.903. The highest BCUT2D eigenvalue weighted by Gasteiger charge is 2.30. The second-order valence-electron chi connectivity index (χ2n) is 7.69. The maximum Gasteiger partial charge on any atom is 0.345 e. The number of carbonyl (C=O) groups is 1. The Hall–Kier alpha value is -1.79. The number of nitrogens with one attached hydrogen (secondary N) is 1. The van der Waals surface area contributed by atoms with Gasteiger partial charge in [0.25, 0.3) is 0 Å². The van der Waals surface area contributed by atoms with Gasteiger partial charge in [-0.15, -0.1) is 0 Å². The molecule has 1 saturated heterocycles. The van der Waals surface area contributed by atoms with Gasteiger partial charge in [0.05, 0.1) is 0 Å². The highest BCUT2D eigenvalue weighted by atomic mass is 16.2. The molecular formula is C16H29N5O2. The molecule has 1 fully saturated rings. The van der Waals surface area contributed by atoms with Crippen molar-refractivity contribution in [1.82, 2.24) is 24.6 Å². The number of hydrogen-bond donors (Lipinski definition) is 1. The largest absolute Gasteiger partial charge is 0.345 e. The predicted molar refractivity (Wildman–Crippen MR) is 89.7 cm³/mol. The van der Waals surface area contributed by atoms with Gasteiger partial charge in [-0.3, -0.25) is 4.57 Å². The van der Waals surface area contributed by atoms with Crippen LogP contribution in [0.1, 0.15) is 65.2 Å². The number of rotatable bonds is 2. The molecule has 1 aliphatic rings. The molecule has 2 rings (SSSR count). The molecule has 7 nitrogen and oxygen atoms in total. The van der Waals surface area contributed by atoms with Crippen LogP contribution in [0.2, 0.25) is 0 Å². The number of aromatic nitrogens is 3. The van der Waals surface area contributed by atoms with Crippen LogP contribution in [0.15, 0.2) is 4.79 Å². The number of piperidine rings is 1. The number of hydrogen-bond acceptors (Lipinski definition) is 3. The van der Waals surface area contributed by atoms with Gasteiger partial charge in [-0.25, -0.2) is 14.3 Å². The van der Waals surface area contributed by atoms with Gasteiger partial charge >= 0.3 is 11.7 Å². The van der Waals surface area contributed by atoms with E-state index in [4.69, 9.17) is 0 Å². The van der Waals surface area contributed by atoms with Crippen LogP contribution >= 0.6 is 0 Å². The van der Waals surface area contributed by atoms with E-state index in [1.807, 2.05) is 39.5 Å². The number of carbonyl (C=O) groups excluding carboxylic acids is 1. The number of amides is 2. The smallest absolute Gasteiger partial charge is 0.333 e. The van der Waals surface area contributed by atoms with Gasteiger partial charge in [0.1, 0.15) is 5.82 Å². The third-order valence-electron chi connectivity index (χ3n) is 4.05. The normalized spacial score (nSPS) is 19.3. The number of urea groups is 1. The van der Waals surface area contributed by atoms with Crippen molar-refractivity contribution >= 4 is 6.03 Å². The fourth-order valence-electron chi connectivity index (χ4n) is 3.03. The molecule has 0 saturated carbocycles. The minimum absolute atomic E-state index is 0.0448. The van der Waals surface area contributed by atoms with E-state index in [1.54, 1.807) is 11.6 Å². The summed E-state index contributed by atoms with van der Waals surface area (Å²) >= 11 is 0. The van der Waals surface area contributed by atoms with Crippen molar-refractivity contribution in [3.63, 3.8) is 0 Å². The molecular weight excluding hydrogens is 294 g/mol. The fourth-order valence-corrected chi connectivity index (χ4v) is 3.03. The first-order valence-corrected chi connectivity index (χ1v) is 8.32. The third-order valence-corrected chi connectivity index (χ3v) is 4.05. The zero-order valence-corrected chi connectivity index (χ0v) is 15.1. The Bertz CT molecular complexity index is 623. The van der Waals surface area contributed by atoms with Crippen LogP contribution < -0.4 is 11.0 Å². The monoisotopic (exact) mass is 323 g/mol. The average Bonchev–Trinajstić information content (AvgIpc) is 2.73. The highest BCUT2D eigenvalue weighted by molar-refractivity contribution is 5.75. The van der Waals surface area contributed by atoms with Gasteiger partial charge in [-0.1, -0.05) is 0 Å². The number of likely N-dealkylation sites (tertiary alicyclic amines) is 1. The molecule has 1 N–H and O–H groups in total. The Morgan fingerprint density at radius 1 is 1.35 bits per heavy atom. The molecule has 1 atom stereocenters. The van der Waals surface area contributed by atoms with E-state index >= 15 is 0 Å². The molecule has 1 aromatic rings. The standard InChI is InChI=1S/C16H29N5O2/c1-11(2)21-13(18-19(6)15(21)23)12-8-7-9-20(10-12)14(22)17-16(3,4)5/h11-12H,7-10H2,1-6H3,(H,17,22). The summed E-state index contributed by atoms with van der Waals surface area (Å²) in [5.74, 6) is 0.895. The van der Waals surface area contributed by atoms with Gasteiger partial charge in [-0.2, -0.15) is 5.10 Å². The Labute approximate surface area is 137 Å². The second-order valence-corrected chi connectivity index (χ2v) is 7.69. The van der Waals surface area contributed by atoms with Crippen LogP contribution in [-0.4, -0.2) is 43.9 Å². The molecule has 0 aromatic carbocycles. The van der Waals surface area contributed by atoms with Crippen LogP contribution in [-0.2, 0) is 7.05 Å². The molecule has 0 radical (unpaired) electrons. The van der Waals surface area contributed by atoms with E-state index < -0.39 is 0 Å². The van der Waals surface area contributed by atoms with Crippen LogP contribution in [0.4, 0.5) is 4.79 Å². The Balaban J connectivity index is 2.21. The van der Waals surface area contributed by atoms with Crippen molar-refractivity contribution in [3.8, 4) is 0 Å². The lowest BCUT2D eigenvalue weighted by molar-refractivity contribution is 0.169. The lowest BCUT2D eigenvalue weighted by Gasteiger charge is -2.34. The summed E-state index contributed by atoms with van der Waals surface area (Å²) in [4.78, 5) is 26.5. The summed E-state index contributed by atoms with van der Waals surface area (Å²) in [6.07, 6.45) is 1.87. The topological polar surface area (TPSA) is 72.2 Å². The lowest BCUT2D eigenvalue weighted by atomic mass is 9.97. The average molecular weight is 323 g/mol. The first-order valence-electron chi connectivity index (χ1n) is 8.32. The van der Waals surface area contributed by atoms with Gasteiger partial charge in [0.2, 0.25) is 0 Å². The summed E-state index contributed by atoms with van der Waals surface area (Å²) in [5, 5.41) is 7.44. The second kappa shape index (κ2) is 6.37. The van der Waals surface area contributed by atoms with Crippen LogP contribution in [0.5, 0.6) is 0 Å². The molecule has 130 valence electrons. The van der Waals surface area contributed by atoms with Crippen LogP contribution in [0.25, 0.3) is 0 Å². The maximum absolute atomic E-state index is 12.4. The Morgan fingerprint density at radius 2 is 2.00 bits per heavy atom. The van der Waals surface area contributed by atoms with Crippen molar-refractivity contribution in [2.24, 2.45) is 7.05 Å². The number of nitrogens with zero attached hydrogens (tertiary/aromatic N) is 4. The van der Waals surface area contributed by atoms with E-state index in [0.29, 0.717) is 6.54 Å². The first-order chi connectivity index (χ1) is 10.6. The molecule has 2 amide bonds. The van der Waals surface area contributed by atoms with Gasteiger partial charge < -0.3 is 10.2 Å². The maximum atomic E-state index is 12.4. The summed E-state index contributed by atoms with van der Waals surface area (Å²) in [6.45, 7) is 11.2. The minimum atomic E-state index is -0.255. The van der Waals surface area contributed by atoms with E-state index in [2.05, 4.69) is 10.4 Å². The van der Waals surface area contributed by atoms with Gasteiger partial charge in [0, 0.05) is 37.6 Å². The van der Waals surface area contributed by atoms with E-state index in [1.165, 1.54) is 4.68 Å². The molecule has 1 unspecified atom stereocenters. The lowest BCUT2D eigenvalue weighted by Crippen LogP contribution is -2.51. The minimum Gasteiger partial charge on any atom is -0.333 e. The molecule has 7 heteroatoms. The summed E-state index contributed by atoms with van der Waals surface area (Å²) in [6, 6.07) is 0.0153. The van der Waals surface area contributed by atoms with Gasteiger partial charge in [-0.05, 0) is 47.5 Å². The molecule has 0 aliphatic carbocycles. The molecule has 23 heavy (non-hydrogen) atoms. The molecule has 0 bridgehead atoms. The van der Waals surface area contributed by atoms with Crippen LogP contribution in [0, 0.1) is 0 Å². The van der Waals surface area contributed by atoms with Crippen molar-refractivity contribution in [3.05, 3.63) is 16.3 Å². The van der Waals surface area contributed by atoms with Crippen molar-refractivity contribution < 1.29 is 4.79 Å². The van der Waals surface area contributed by atoms with Crippen molar-refractivity contribution in [2.45, 2.75) is 65.0 Å². The molecule has 2 heterocycles. The van der Waals surface area contributed by atoms with Gasteiger partial charge in [0.15, 0.2) is 0 Å². The first kappa shape index (κ1) is 17.6. The zero-order chi connectivity index (χ0) is 17.4. The van der Waals surface area contributed by atoms with Crippen molar-refractivity contribution in [2.75, 3.05) is 13.1 Å². The summed E-state index contributed by atoms with van der Waals surface area (Å²) in [5.41, 5.74) is -0.346. The summed E-state index contributed by atoms with van der Waals surface area (Å²) < 4.78 is 3.14. The fraction of sp³-hybridized carbons (Fsp3) is 0.812. The van der Waals surface area contributed by atoms with E-state index in [0.717, 1.165) is 25.2 Å². The SMILES string of the molecule is CC(C)n1c(C2CCCN(C(=O)NC(C)(C)C)C2)nn(C)c1=O. The zero-order valence-electron chi connectivity index (χ0n) is 15.1. The molecule has 0 spiro atoms. The highest BCUT2D eigenvalue weighted by Crippen LogP contribution is 2.26. The molecule has 1 aliphatic heterocycles. The Morgan fingerprint density at radius 3 is 2.57 bits per heavy atom. The van der Waals surface area contributed by atoms with E-state index in [9.17, 15) is 9.59 Å². The summed E-state index contributed by atoms with van der Waals surface area (Å²) in [7, 11) is 1.68. The number of aryl methyl sites for hydroxylation is 1. The Kier molecular flexibility index (Phi) is 4.87. The third kappa shape index (κ3) is 3.95. The van der Waals surface area contributed by atoms with Crippen LogP contribution in [0.3, 0.4) is 0 Å².